The fourth-order valence-electron chi connectivity index (χ4n) is 2.75. The van der Waals surface area contributed by atoms with Gasteiger partial charge in [-0.05, 0) is 48.9 Å². The Morgan fingerprint density at radius 3 is 2.74 bits per heavy atom. The molecular formula is C17H18FN. The number of hydrogen-bond acceptors (Lipinski definition) is 1. The molecule has 2 heteroatoms. The van der Waals surface area contributed by atoms with Crippen molar-refractivity contribution in [3.8, 4) is 0 Å². The van der Waals surface area contributed by atoms with E-state index in [0.717, 1.165) is 31.2 Å². The van der Waals surface area contributed by atoms with Crippen molar-refractivity contribution in [2.75, 3.05) is 5.32 Å². The highest BCUT2D eigenvalue weighted by Gasteiger charge is 2.17. The van der Waals surface area contributed by atoms with Gasteiger partial charge in [0.2, 0.25) is 0 Å². The molecule has 0 saturated carbocycles. The molecule has 1 atom stereocenters. The maximum Gasteiger partial charge on any atom is 0.126 e. The molecule has 2 aromatic rings. The van der Waals surface area contributed by atoms with Gasteiger partial charge in [-0.2, -0.15) is 0 Å². The summed E-state index contributed by atoms with van der Waals surface area (Å²) >= 11 is 0. The van der Waals surface area contributed by atoms with Gasteiger partial charge in [-0.25, -0.2) is 4.39 Å². The van der Waals surface area contributed by atoms with Crippen molar-refractivity contribution in [3.63, 3.8) is 0 Å². The summed E-state index contributed by atoms with van der Waals surface area (Å²) < 4.78 is 13.6. The lowest BCUT2D eigenvalue weighted by molar-refractivity contribution is 0.563. The summed E-state index contributed by atoms with van der Waals surface area (Å²) in [6.07, 6.45) is 4.03. The van der Waals surface area contributed by atoms with Crippen LogP contribution in [0.3, 0.4) is 0 Å². The van der Waals surface area contributed by atoms with E-state index in [9.17, 15) is 4.39 Å². The zero-order valence-corrected chi connectivity index (χ0v) is 10.9. The minimum atomic E-state index is -0.0845. The Morgan fingerprint density at radius 2 is 1.84 bits per heavy atom. The monoisotopic (exact) mass is 255 g/mol. The summed E-state index contributed by atoms with van der Waals surface area (Å²) in [5, 5.41) is 3.56. The molecule has 1 unspecified atom stereocenters. The second-order valence-electron chi connectivity index (χ2n) is 5.17. The summed E-state index contributed by atoms with van der Waals surface area (Å²) in [7, 11) is 0. The van der Waals surface area contributed by atoms with E-state index in [1.807, 2.05) is 12.1 Å². The first kappa shape index (κ1) is 12.2. The molecule has 19 heavy (non-hydrogen) atoms. The average molecular weight is 255 g/mol. The first-order chi connectivity index (χ1) is 9.33. The lowest BCUT2D eigenvalue weighted by Gasteiger charge is -2.27. The van der Waals surface area contributed by atoms with Gasteiger partial charge in [0.25, 0.3) is 0 Å². The van der Waals surface area contributed by atoms with Gasteiger partial charge in [-0.15, -0.1) is 0 Å². The summed E-state index contributed by atoms with van der Waals surface area (Å²) in [4.78, 5) is 0. The summed E-state index contributed by atoms with van der Waals surface area (Å²) in [5.41, 5.74) is 3.46. The first-order valence-electron chi connectivity index (χ1n) is 6.91. The van der Waals surface area contributed by atoms with E-state index in [1.54, 1.807) is 12.1 Å². The number of nitrogens with one attached hydrogen (secondary N) is 1. The van der Waals surface area contributed by atoms with Crippen LogP contribution in [0.4, 0.5) is 10.1 Å². The Morgan fingerprint density at radius 1 is 1.05 bits per heavy atom. The molecule has 1 N–H and O–H groups in total. The third-order valence-electron chi connectivity index (χ3n) is 3.86. The van der Waals surface area contributed by atoms with Crippen LogP contribution >= 0.6 is 0 Å². The second kappa shape index (κ2) is 5.43. The van der Waals surface area contributed by atoms with Gasteiger partial charge in [0, 0.05) is 11.7 Å². The molecule has 1 aliphatic rings. The largest absolute Gasteiger partial charge is 0.382 e. The first-order valence-corrected chi connectivity index (χ1v) is 6.91. The SMILES string of the molecule is Fc1ccccc1CCC1CCc2ccccc2N1. The molecule has 0 saturated heterocycles. The Balaban J connectivity index is 1.62. The van der Waals surface area contributed by atoms with Gasteiger partial charge in [0.1, 0.15) is 5.82 Å². The lowest BCUT2D eigenvalue weighted by Crippen LogP contribution is -2.26. The maximum absolute atomic E-state index is 13.6. The highest BCUT2D eigenvalue weighted by Crippen LogP contribution is 2.26. The minimum Gasteiger partial charge on any atom is -0.382 e. The number of aryl methyl sites for hydroxylation is 2. The normalized spacial score (nSPS) is 17.6. The quantitative estimate of drug-likeness (QED) is 0.867. The van der Waals surface area contributed by atoms with Crippen molar-refractivity contribution < 1.29 is 4.39 Å². The standard InChI is InChI=1S/C17H18FN/c18-16-7-3-1-5-13(16)9-11-15-12-10-14-6-2-4-8-17(14)19-15/h1-8,15,19H,9-12H2. The van der Waals surface area contributed by atoms with E-state index in [2.05, 4.69) is 29.6 Å². The van der Waals surface area contributed by atoms with E-state index >= 15 is 0 Å². The zero-order valence-electron chi connectivity index (χ0n) is 10.9. The average Bonchev–Trinajstić information content (AvgIpc) is 2.46. The van der Waals surface area contributed by atoms with Gasteiger partial charge >= 0.3 is 0 Å². The Bertz CT molecular complexity index is 565. The van der Waals surface area contributed by atoms with E-state index in [1.165, 1.54) is 11.3 Å². The van der Waals surface area contributed by atoms with Gasteiger partial charge in [0.15, 0.2) is 0 Å². The van der Waals surface area contributed by atoms with Crippen molar-refractivity contribution in [1.82, 2.24) is 0 Å². The molecule has 98 valence electrons. The molecule has 2 aromatic carbocycles. The molecule has 0 aliphatic carbocycles. The Hall–Kier alpha value is -1.83. The van der Waals surface area contributed by atoms with Crippen molar-refractivity contribution in [1.29, 1.82) is 0 Å². The molecule has 3 rings (SSSR count). The molecule has 0 fully saturated rings. The van der Waals surface area contributed by atoms with Crippen LogP contribution < -0.4 is 5.32 Å². The molecule has 0 amide bonds. The predicted molar refractivity (Wildman–Crippen MR) is 76.9 cm³/mol. The lowest BCUT2D eigenvalue weighted by atomic mass is 9.94. The highest BCUT2D eigenvalue weighted by atomic mass is 19.1. The second-order valence-corrected chi connectivity index (χ2v) is 5.17. The van der Waals surface area contributed by atoms with Crippen LogP contribution in [-0.2, 0) is 12.8 Å². The maximum atomic E-state index is 13.6. The highest BCUT2D eigenvalue weighted by molar-refractivity contribution is 5.53. The third kappa shape index (κ3) is 2.78. The fraction of sp³-hybridized carbons (Fsp3) is 0.294. The number of anilines is 1. The number of rotatable bonds is 3. The van der Waals surface area contributed by atoms with Gasteiger partial charge in [-0.1, -0.05) is 36.4 Å². The zero-order chi connectivity index (χ0) is 13.1. The van der Waals surface area contributed by atoms with Crippen molar-refractivity contribution in [3.05, 3.63) is 65.5 Å². The number of hydrogen-bond donors (Lipinski definition) is 1. The smallest absolute Gasteiger partial charge is 0.126 e. The number of halogens is 1. The topological polar surface area (TPSA) is 12.0 Å². The molecule has 0 spiro atoms. The van der Waals surface area contributed by atoms with Crippen LogP contribution in [0.25, 0.3) is 0 Å². The van der Waals surface area contributed by atoms with Gasteiger partial charge < -0.3 is 5.32 Å². The fourth-order valence-corrected chi connectivity index (χ4v) is 2.75. The van der Waals surface area contributed by atoms with Crippen LogP contribution in [0.5, 0.6) is 0 Å². The minimum absolute atomic E-state index is 0.0845. The van der Waals surface area contributed by atoms with E-state index in [4.69, 9.17) is 0 Å². The van der Waals surface area contributed by atoms with Crippen molar-refractivity contribution in [2.45, 2.75) is 31.7 Å². The Kier molecular flexibility index (Phi) is 3.49. The third-order valence-corrected chi connectivity index (χ3v) is 3.86. The molecule has 0 aromatic heterocycles. The summed E-state index contributed by atoms with van der Waals surface area (Å²) in [5.74, 6) is -0.0845. The predicted octanol–water partition coefficient (Wildman–Crippen LogP) is 4.19. The van der Waals surface area contributed by atoms with E-state index in [-0.39, 0.29) is 5.82 Å². The number of para-hydroxylation sites is 1. The Labute approximate surface area is 113 Å². The van der Waals surface area contributed by atoms with Crippen molar-refractivity contribution >= 4 is 5.69 Å². The molecule has 0 bridgehead atoms. The van der Waals surface area contributed by atoms with Crippen LogP contribution in [0.1, 0.15) is 24.0 Å². The van der Waals surface area contributed by atoms with Crippen LogP contribution in [0, 0.1) is 5.82 Å². The molecular weight excluding hydrogens is 237 g/mol. The van der Waals surface area contributed by atoms with E-state index < -0.39 is 0 Å². The van der Waals surface area contributed by atoms with Crippen LogP contribution in [0.15, 0.2) is 48.5 Å². The summed E-state index contributed by atoms with van der Waals surface area (Å²) in [6, 6.07) is 16.0. The van der Waals surface area contributed by atoms with Gasteiger partial charge in [0.05, 0.1) is 0 Å². The van der Waals surface area contributed by atoms with Crippen LogP contribution in [-0.4, -0.2) is 6.04 Å². The molecule has 1 nitrogen and oxygen atoms in total. The molecule has 1 heterocycles. The molecule has 0 radical (unpaired) electrons. The van der Waals surface area contributed by atoms with Gasteiger partial charge in [-0.3, -0.25) is 0 Å². The van der Waals surface area contributed by atoms with Crippen LogP contribution in [0.2, 0.25) is 0 Å². The van der Waals surface area contributed by atoms with E-state index in [0.29, 0.717) is 6.04 Å². The summed E-state index contributed by atoms with van der Waals surface area (Å²) in [6.45, 7) is 0. The number of fused-ring (bicyclic) bond motifs is 1. The number of benzene rings is 2. The molecule has 1 aliphatic heterocycles. The van der Waals surface area contributed by atoms with Crippen molar-refractivity contribution in [2.24, 2.45) is 0 Å².